The normalized spacial score (nSPS) is 12.3. The summed E-state index contributed by atoms with van der Waals surface area (Å²) in [5.74, 6) is 4.01. The summed E-state index contributed by atoms with van der Waals surface area (Å²) < 4.78 is 4.81. The van der Waals surface area contributed by atoms with Gasteiger partial charge in [0.15, 0.2) is 5.54 Å². The highest BCUT2D eigenvalue weighted by Crippen LogP contribution is 2.20. The standard InChI is InChI=1S/C15H21NO3/c1-6-8-10-15(11-12(3)4,14(18)19-5)16-13(17)9-7-2/h6,10,12H,11H2,1-5H3,(H,16,17). The van der Waals surface area contributed by atoms with Crippen LogP contribution < -0.4 is 5.32 Å². The lowest BCUT2D eigenvalue weighted by Gasteiger charge is -2.29. The summed E-state index contributed by atoms with van der Waals surface area (Å²) in [6.07, 6.45) is 3.60. The van der Waals surface area contributed by atoms with Crippen molar-refractivity contribution in [2.24, 2.45) is 5.92 Å². The van der Waals surface area contributed by atoms with Crippen LogP contribution in [0.2, 0.25) is 0 Å². The molecule has 4 nitrogen and oxygen atoms in total. The maximum absolute atomic E-state index is 12.0. The Bertz CT molecular complexity index is 444. The molecular weight excluding hydrogens is 242 g/mol. The molecule has 1 unspecified atom stereocenters. The zero-order valence-corrected chi connectivity index (χ0v) is 12.2. The molecule has 0 aliphatic rings. The zero-order chi connectivity index (χ0) is 14.9. The molecule has 0 bridgehead atoms. The first-order chi connectivity index (χ1) is 8.91. The van der Waals surface area contributed by atoms with Crippen molar-refractivity contribution in [2.45, 2.75) is 39.7 Å². The van der Waals surface area contributed by atoms with Gasteiger partial charge in [-0.25, -0.2) is 4.79 Å². The number of carbonyl (C=O) groups is 2. The molecule has 104 valence electrons. The first-order valence-electron chi connectivity index (χ1n) is 6.13. The zero-order valence-electron chi connectivity index (χ0n) is 12.2. The van der Waals surface area contributed by atoms with Gasteiger partial charge in [0.2, 0.25) is 0 Å². The van der Waals surface area contributed by atoms with Gasteiger partial charge in [0, 0.05) is 0 Å². The first-order valence-corrected chi connectivity index (χ1v) is 6.13. The maximum Gasteiger partial charge on any atom is 0.336 e. The molecule has 1 amide bonds. The quantitative estimate of drug-likeness (QED) is 0.467. The van der Waals surface area contributed by atoms with E-state index in [0.717, 1.165) is 0 Å². The fourth-order valence-corrected chi connectivity index (χ4v) is 1.74. The number of amides is 1. The van der Waals surface area contributed by atoms with Crippen LogP contribution in [0, 0.1) is 17.8 Å². The Morgan fingerprint density at radius 3 is 2.47 bits per heavy atom. The van der Waals surface area contributed by atoms with E-state index in [1.807, 2.05) is 13.8 Å². The Labute approximate surface area is 114 Å². The van der Waals surface area contributed by atoms with E-state index in [1.165, 1.54) is 13.2 Å². The van der Waals surface area contributed by atoms with Crippen molar-refractivity contribution in [1.82, 2.24) is 5.32 Å². The van der Waals surface area contributed by atoms with Crippen molar-refractivity contribution in [2.75, 3.05) is 7.11 Å². The number of rotatable bonds is 5. The van der Waals surface area contributed by atoms with E-state index in [-0.39, 0.29) is 5.92 Å². The number of ether oxygens (including phenoxy) is 1. The summed E-state index contributed by atoms with van der Waals surface area (Å²) in [6, 6.07) is 0. The van der Waals surface area contributed by atoms with Crippen LogP contribution in [-0.4, -0.2) is 24.5 Å². The van der Waals surface area contributed by atoms with Crippen molar-refractivity contribution < 1.29 is 14.3 Å². The van der Waals surface area contributed by atoms with E-state index in [9.17, 15) is 9.59 Å². The molecule has 0 aromatic rings. The fourth-order valence-electron chi connectivity index (χ4n) is 1.74. The van der Waals surface area contributed by atoms with Crippen molar-refractivity contribution in [1.29, 1.82) is 0 Å². The van der Waals surface area contributed by atoms with Crippen LogP contribution in [-0.2, 0) is 14.3 Å². The van der Waals surface area contributed by atoms with Crippen LogP contribution in [0.1, 0.15) is 34.1 Å². The molecule has 0 aromatic heterocycles. The molecule has 0 rings (SSSR count). The van der Waals surface area contributed by atoms with Crippen molar-refractivity contribution in [3.63, 3.8) is 0 Å². The van der Waals surface area contributed by atoms with Gasteiger partial charge in [-0.15, -0.1) is 5.73 Å². The Kier molecular flexibility index (Phi) is 7.33. The first kappa shape index (κ1) is 17.0. The largest absolute Gasteiger partial charge is 0.467 e. The molecule has 0 heterocycles. The van der Waals surface area contributed by atoms with E-state index < -0.39 is 17.4 Å². The topological polar surface area (TPSA) is 55.4 Å². The molecular formula is C15H21NO3. The SMILES string of the molecule is CC#CC(=O)NC(C=C=CC)(CC(C)C)C(=O)OC. The second-order valence-corrected chi connectivity index (χ2v) is 4.49. The molecule has 0 aromatic carbocycles. The van der Waals surface area contributed by atoms with Gasteiger partial charge in [-0.1, -0.05) is 19.8 Å². The van der Waals surface area contributed by atoms with Gasteiger partial charge < -0.3 is 10.1 Å². The molecule has 19 heavy (non-hydrogen) atoms. The number of nitrogens with one attached hydrogen (secondary N) is 1. The van der Waals surface area contributed by atoms with Gasteiger partial charge >= 0.3 is 5.97 Å². The predicted octanol–water partition coefficient (Wildman–Crippen LogP) is 1.81. The van der Waals surface area contributed by atoms with E-state index in [0.29, 0.717) is 6.42 Å². The minimum atomic E-state index is -1.23. The minimum absolute atomic E-state index is 0.184. The third-order valence-corrected chi connectivity index (χ3v) is 2.35. The lowest BCUT2D eigenvalue weighted by atomic mass is 9.88. The van der Waals surface area contributed by atoms with E-state index in [2.05, 4.69) is 22.9 Å². The minimum Gasteiger partial charge on any atom is -0.467 e. The summed E-state index contributed by atoms with van der Waals surface area (Å²) in [5, 5.41) is 2.62. The summed E-state index contributed by atoms with van der Waals surface area (Å²) in [6.45, 7) is 7.25. The predicted molar refractivity (Wildman–Crippen MR) is 74.1 cm³/mol. The molecule has 0 saturated heterocycles. The molecule has 0 aliphatic carbocycles. The highest BCUT2D eigenvalue weighted by Gasteiger charge is 2.39. The third kappa shape index (κ3) is 5.46. The smallest absolute Gasteiger partial charge is 0.336 e. The number of methoxy groups -OCH3 is 1. The van der Waals surface area contributed by atoms with Gasteiger partial charge in [0.05, 0.1) is 7.11 Å². The molecule has 0 spiro atoms. The molecule has 1 N–H and O–H groups in total. The third-order valence-electron chi connectivity index (χ3n) is 2.35. The van der Waals surface area contributed by atoms with Crippen LogP contribution in [0.4, 0.5) is 0 Å². The Hall–Kier alpha value is -1.98. The number of carbonyl (C=O) groups excluding carboxylic acids is 2. The number of hydrogen-bond acceptors (Lipinski definition) is 3. The molecule has 4 heteroatoms. The van der Waals surface area contributed by atoms with Gasteiger partial charge in [0.25, 0.3) is 5.91 Å². The summed E-state index contributed by atoms with van der Waals surface area (Å²) in [4.78, 5) is 23.7. The second kappa shape index (κ2) is 8.18. The summed E-state index contributed by atoms with van der Waals surface area (Å²) in [5.41, 5.74) is 1.62. The number of hydrogen-bond donors (Lipinski definition) is 1. The van der Waals surface area contributed by atoms with Crippen LogP contribution in [0.5, 0.6) is 0 Å². The van der Waals surface area contributed by atoms with Crippen LogP contribution in [0.15, 0.2) is 17.9 Å². The van der Waals surface area contributed by atoms with E-state index >= 15 is 0 Å². The lowest BCUT2D eigenvalue weighted by Crippen LogP contribution is -2.54. The summed E-state index contributed by atoms with van der Waals surface area (Å²) >= 11 is 0. The Morgan fingerprint density at radius 1 is 1.42 bits per heavy atom. The van der Waals surface area contributed by atoms with Gasteiger partial charge in [-0.2, -0.15) is 0 Å². The Balaban J connectivity index is 5.57. The monoisotopic (exact) mass is 263 g/mol. The highest BCUT2D eigenvalue weighted by atomic mass is 16.5. The fraction of sp³-hybridized carbons (Fsp3) is 0.533. The van der Waals surface area contributed by atoms with E-state index in [4.69, 9.17) is 4.74 Å². The van der Waals surface area contributed by atoms with Crippen LogP contribution in [0.25, 0.3) is 0 Å². The van der Waals surface area contributed by atoms with Crippen molar-refractivity contribution >= 4 is 11.9 Å². The molecule has 0 aliphatic heterocycles. The van der Waals surface area contributed by atoms with Crippen molar-refractivity contribution in [3.05, 3.63) is 17.9 Å². The van der Waals surface area contributed by atoms with E-state index in [1.54, 1.807) is 19.9 Å². The van der Waals surface area contributed by atoms with Crippen LogP contribution in [0.3, 0.4) is 0 Å². The average molecular weight is 263 g/mol. The molecule has 0 fully saturated rings. The average Bonchev–Trinajstić information content (AvgIpc) is 2.34. The second-order valence-electron chi connectivity index (χ2n) is 4.49. The lowest BCUT2D eigenvalue weighted by molar-refractivity contribution is -0.148. The van der Waals surface area contributed by atoms with Crippen molar-refractivity contribution in [3.8, 4) is 11.8 Å². The highest BCUT2D eigenvalue weighted by molar-refractivity contribution is 5.98. The summed E-state index contributed by atoms with van der Waals surface area (Å²) in [7, 11) is 1.29. The van der Waals surface area contributed by atoms with Gasteiger partial charge in [0.1, 0.15) is 0 Å². The maximum atomic E-state index is 12.0. The van der Waals surface area contributed by atoms with Gasteiger partial charge in [-0.3, -0.25) is 4.79 Å². The molecule has 0 saturated carbocycles. The van der Waals surface area contributed by atoms with Crippen LogP contribution >= 0.6 is 0 Å². The van der Waals surface area contributed by atoms with Gasteiger partial charge in [-0.05, 0) is 44.3 Å². The molecule has 0 radical (unpaired) electrons. The Morgan fingerprint density at radius 2 is 2.05 bits per heavy atom. The number of esters is 1. The molecule has 1 atom stereocenters.